The lowest BCUT2D eigenvalue weighted by Gasteiger charge is -2.48. The van der Waals surface area contributed by atoms with Crippen molar-refractivity contribution in [3.8, 4) is 57.1 Å². The van der Waals surface area contributed by atoms with Crippen LogP contribution in [0.15, 0.2) is 116 Å². The summed E-state index contributed by atoms with van der Waals surface area (Å²) in [6, 6.07) is 4.89. The third kappa shape index (κ3) is 20.8. The topological polar surface area (TPSA) is 603 Å². The zero-order valence-corrected chi connectivity index (χ0v) is 69.2. The largest absolute Gasteiger partial charge is 0.508 e. The molecule has 23 N–H and O–H groups in total. The summed E-state index contributed by atoms with van der Waals surface area (Å²) in [5.74, 6) is -17.8. The number of nitrogens with zero attached hydrogens (tertiary/aromatic N) is 1. The fraction of sp³-hybridized carbons (Fsp3) is 0.370. The standard InChI is InChI=1S/C81H87Cl4N13O26/c1-31(2)12-47(88-5)73(111)96-63-65(105)35-7-10-51(45(84)15-35)120-53-17-37-18-54(69(53)124-80-70(68(108)67(107)55(29-99)122-80)123-58-25-81(4,71(109)32(3)119-58)90-27-33-13-38(28-89-26-33)72(110)91-41-20-39(82)19-40(83)21-41)121-52-11-8-36(16-46(52)85)66(106)64-78(116)95-62(79(117)98-118-30-57(87)104)44-22-42(100)23-50(102)59(44)43-14-34(6-9-49(43)101)60(75(113)97-64)94-76(114)61(37)93-74(112)48(24-56(86)103)92-77(63)115/h6-11,13-23,26,28,31-32,47-48,55,58,60-68,70-71,80,88,90,99-102,105-109H,12,24-25,27,29-30H2,1-5H3,(H2,86,103)(H2,87,104)(H,91,110)(H,92,115)(H,93,112)(H,94,114)(H,95,116)(H,96,111)(H,97,113)(H,98,117)/t32-,47+,48-,55+,58-,60+,61+,62+,63+,64-,65+,66+,67+,68-,70+,71+,80-,81-/m0/s1. The summed E-state index contributed by atoms with van der Waals surface area (Å²) in [6.45, 7) is 4.70. The second-order valence-corrected chi connectivity index (χ2v) is 32.2. The number of hydroxylamine groups is 1. The van der Waals surface area contributed by atoms with E-state index in [2.05, 4.69) is 52.8 Å². The number of nitrogens with two attached hydrogens (primary N) is 2. The van der Waals surface area contributed by atoms with Gasteiger partial charge in [-0.3, -0.25) is 57.8 Å². The van der Waals surface area contributed by atoms with Crippen molar-refractivity contribution < 1.29 is 127 Å². The van der Waals surface area contributed by atoms with Crippen LogP contribution in [0.5, 0.6) is 46.0 Å². The van der Waals surface area contributed by atoms with Crippen molar-refractivity contribution in [3.05, 3.63) is 175 Å². The molecule has 43 heteroatoms. The van der Waals surface area contributed by atoms with E-state index in [1.165, 1.54) is 62.8 Å². The van der Waals surface area contributed by atoms with Gasteiger partial charge < -0.3 is 134 Å². The van der Waals surface area contributed by atoms with Crippen molar-refractivity contribution in [2.45, 2.75) is 163 Å². The minimum absolute atomic E-state index is 0.0575. The number of nitrogens with one attached hydrogen (secondary N) is 10. The third-order valence-electron chi connectivity index (χ3n) is 21.0. The van der Waals surface area contributed by atoms with Crippen LogP contribution in [0.2, 0.25) is 20.1 Å². The van der Waals surface area contributed by atoms with Gasteiger partial charge in [0.25, 0.3) is 11.8 Å². The number of phenolic OH excluding ortho intramolecular Hbond substituents is 3. The number of likely N-dealkylation sites (N-methyl/N-ethyl adjacent to an activating group) is 1. The zero-order chi connectivity index (χ0) is 89.8. The number of amides is 10. The second-order valence-electron chi connectivity index (χ2n) is 30.6. The Labute approximate surface area is 724 Å². The molecule has 124 heavy (non-hydrogen) atoms. The highest BCUT2D eigenvalue weighted by Gasteiger charge is 2.52. The maximum Gasteiger partial charge on any atom is 0.270 e. The number of benzene rings is 6. The monoisotopic (exact) mass is 1800 g/mol. The minimum Gasteiger partial charge on any atom is -0.508 e. The van der Waals surface area contributed by atoms with Crippen molar-refractivity contribution in [3.63, 3.8) is 0 Å². The minimum atomic E-state index is -2.41. The maximum atomic E-state index is 16.3. The van der Waals surface area contributed by atoms with Gasteiger partial charge in [-0.1, -0.05) is 78.5 Å². The van der Waals surface area contributed by atoms with E-state index in [4.69, 9.17) is 91.1 Å². The molecule has 14 rings (SSSR count). The highest BCUT2D eigenvalue weighted by atomic mass is 35.5. The molecule has 0 spiro atoms. The van der Waals surface area contributed by atoms with Gasteiger partial charge in [0.15, 0.2) is 30.5 Å². The smallest absolute Gasteiger partial charge is 0.270 e. The lowest BCUT2D eigenvalue weighted by Crippen LogP contribution is -2.65. The number of halogens is 4. The van der Waals surface area contributed by atoms with E-state index < -0.39 is 266 Å². The number of phenols is 3. The molecule has 11 bridgehead atoms. The molecule has 2 saturated heterocycles. The predicted molar refractivity (Wildman–Crippen MR) is 436 cm³/mol. The first-order valence-electron chi connectivity index (χ1n) is 38.4. The van der Waals surface area contributed by atoms with Crippen LogP contribution in [0.1, 0.15) is 121 Å². The van der Waals surface area contributed by atoms with Crippen molar-refractivity contribution >= 4 is 111 Å². The average Bonchev–Trinajstić information content (AvgIpc) is 0.777. The van der Waals surface area contributed by atoms with Gasteiger partial charge in [-0.25, -0.2) is 5.48 Å². The average molecular weight is 1800 g/mol. The normalized spacial score (nSPS) is 26.0. The highest BCUT2D eigenvalue weighted by Crippen LogP contribution is 2.50. The number of aliphatic hydroxyl groups excluding tert-OH is 6. The molecule has 7 aliphatic heterocycles. The Balaban J connectivity index is 1.03. The van der Waals surface area contributed by atoms with Crippen LogP contribution in [0, 0.1) is 5.92 Å². The van der Waals surface area contributed by atoms with Crippen molar-refractivity contribution in [1.82, 2.24) is 53.0 Å². The molecule has 8 heterocycles. The van der Waals surface area contributed by atoms with Crippen LogP contribution in [-0.2, 0) is 68.7 Å². The summed E-state index contributed by atoms with van der Waals surface area (Å²) in [7, 11) is 1.46. The SMILES string of the molecule is CN[C@H](CC(C)C)C(=O)N[C@H]1C(=O)N[C@@H](CC(N)=O)C(=O)N[C@H]2C(=O)N[C@H]3C(=O)N[C@H](C(=O)N[C@@H](C(=O)NOCC(N)=O)c4cc(O)cc(O)c4-c4cc3ccc4O)[C@H](O)c3ccc(c(Cl)c3)Oc3cc2cc(c3O[C@@H]2O[C@H](CO)[C@@H](O)[C@H](O)[C@H]2O[C@H]2C[C@](C)(NCc3cncc(C(=O)Nc4cc(Cl)cc(Cl)c4)c3)[C@H](O)[C@H](C)O2)Oc2ccc(cc2Cl)[C@H]1O. The molecule has 0 unspecified atom stereocenters. The van der Waals surface area contributed by atoms with Crippen molar-refractivity contribution in [2.75, 3.05) is 25.6 Å². The number of carbonyl (C=O) groups is 10. The molecule has 7 aliphatic rings. The molecular weight excluding hydrogens is 1710 g/mol. The molecule has 7 aromatic rings. The zero-order valence-electron chi connectivity index (χ0n) is 66.2. The van der Waals surface area contributed by atoms with Gasteiger partial charge in [0, 0.05) is 63.8 Å². The number of pyridine rings is 1. The molecule has 10 amide bonds. The maximum absolute atomic E-state index is 16.3. The Hall–Kier alpha value is -11.4. The number of aromatic hydroxyl groups is 3. The second kappa shape index (κ2) is 38.8. The first-order chi connectivity index (χ1) is 58.8. The van der Waals surface area contributed by atoms with E-state index in [9.17, 15) is 69.9 Å². The number of carbonyl (C=O) groups excluding carboxylic acids is 10. The van der Waals surface area contributed by atoms with Crippen LogP contribution in [0.3, 0.4) is 0 Å². The van der Waals surface area contributed by atoms with E-state index in [0.29, 0.717) is 11.3 Å². The molecule has 39 nitrogen and oxygen atoms in total. The van der Waals surface area contributed by atoms with Crippen molar-refractivity contribution in [2.24, 2.45) is 17.4 Å². The molecular formula is C81H87Cl4N13O26. The highest BCUT2D eigenvalue weighted by molar-refractivity contribution is 6.35. The fourth-order valence-corrected chi connectivity index (χ4v) is 15.7. The van der Waals surface area contributed by atoms with Gasteiger partial charge in [0.05, 0.1) is 46.9 Å². The summed E-state index contributed by atoms with van der Waals surface area (Å²) in [5.41, 5.74) is 9.42. The molecule has 2 fully saturated rings. The van der Waals surface area contributed by atoms with Crippen molar-refractivity contribution in [1.29, 1.82) is 0 Å². The lowest BCUT2D eigenvalue weighted by molar-refractivity contribution is -0.334. The van der Waals surface area contributed by atoms with E-state index in [-0.39, 0.29) is 57.8 Å². The Kier molecular flexibility index (Phi) is 28.8. The number of aromatic nitrogens is 1. The van der Waals surface area contributed by atoms with E-state index in [1.54, 1.807) is 20.8 Å². The first-order valence-corrected chi connectivity index (χ1v) is 39.9. The number of primary amides is 2. The Bertz CT molecular complexity index is 5290. The van der Waals surface area contributed by atoms with Gasteiger partial charge in [-0.2, -0.15) is 0 Å². The Morgan fingerprint density at radius 2 is 1.31 bits per heavy atom. The fourth-order valence-electron chi connectivity index (χ4n) is 14.7. The number of hydrogen-bond donors (Lipinski definition) is 21. The third-order valence-corrected chi connectivity index (χ3v) is 22.0. The van der Waals surface area contributed by atoms with E-state index in [1.807, 2.05) is 5.48 Å². The Morgan fingerprint density at radius 1 is 0.677 bits per heavy atom. The molecule has 18 atom stereocenters. The molecule has 0 radical (unpaired) electrons. The molecule has 6 aromatic carbocycles. The molecule has 660 valence electrons. The van der Waals surface area contributed by atoms with Crippen LogP contribution >= 0.6 is 46.4 Å². The number of ether oxygens (including phenoxy) is 6. The number of anilines is 1. The van der Waals surface area contributed by atoms with Gasteiger partial charge in [-0.15, -0.1) is 0 Å². The van der Waals surface area contributed by atoms with Gasteiger partial charge in [0.2, 0.25) is 59.3 Å². The van der Waals surface area contributed by atoms with Gasteiger partial charge in [-0.05, 0) is 145 Å². The summed E-state index contributed by atoms with van der Waals surface area (Å²) in [4.78, 5) is 155. The predicted octanol–water partition coefficient (Wildman–Crippen LogP) is 2.34. The number of aliphatic hydroxyl groups is 6. The number of fused-ring (bicyclic) bond motifs is 15. The summed E-state index contributed by atoms with van der Waals surface area (Å²) >= 11 is 26.7. The lowest BCUT2D eigenvalue weighted by atomic mass is 9.84. The summed E-state index contributed by atoms with van der Waals surface area (Å²) in [5, 5.41) is 130. The van der Waals surface area contributed by atoms with Crippen LogP contribution < -0.4 is 79.0 Å². The van der Waals surface area contributed by atoms with Crippen LogP contribution in [0.4, 0.5) is 5.69 Å². The quantitative estimate of drug-likeness (QED) is 0.0459. The van der Waals surface area contributed by atoms with Gasteiger partial charge in [0.1, 0.15) is 95.5 Å². The molecule has 0 aliphatic carbocycles. The van der Waals surface area contributed by atoms with Crippen LogP contribution in [-0.4, -0.2) is 209 Å². The number of hydrogen-bond acceptors (Lipinski definition) is 29. The van der Waals surface area contributed by atoms with Gasteiger partial charge >= 0.3 is 0 Å². The van der Waals surface area contributed by atoms with E-state index >= 15 is 24.0 Å². The van der Waals surface area contributed by atoms with Crippen LogP contribution in [0.25, 0.3) is 11.1 Å². The van der Waals surface area contributed by atoms with E-state index in [0.717, 1.165) is 66.7 Å². The summed E-state index contributed by atoms with van der Waals surface area (Å²) < 4.78 is 39.5. The number of rotatable bonds is 21. The first kappa shape index (κ1) is 91.8. The summed E-state index contributed by atoms with van der Waals surface area (Å²) in [6.07, 6.45) is -16.8. The Morgan fingerprint density at radius 3 is 1.94 bits per heavy atom. The molecule has 1 aromatic heterocycles. The molecule has 0 saturated carbocycles.